The van der Waals surface area contributed by atoms with Crippen LogP contribution < -0.4 is 4.74 Å². The van der Waals surface area contributed by atoms with Gasteiger partial charge in [0.05, 0.1) is 5.56 Å². The number of rotatable bonds is 3. The summed E-state index contributed by atoms with van der Waals surface area (Å²) < 4.78 is 5.49. The third-order valence-corrected chi connectivity index (χ3v) is 4.21. The number of hydrogen-bond donors (Lipinski definition) is 1. The van der Waals surface area contributed by atoms with Gasteiger partial charge in [-0.05, 0) is 46.9 Å². The third-order valence-electron chi connectivity index (χ3n) is 4.21. The number of phenolic OH excluding ortho intramolecular Hbond substituents is 1. The highest BCUT2D eigenvalue weighted by atomic mass is 16.5. The SMILES string of the molecule is CC(C)(C)c1cc(OC(=O)c2ccc(-c3ccccc3)cc2)ccc1O. The summed E-state index contributed by atoms with van der Waals surface area (Å²) in [6, 6.07) is 22.2. The number of ether oxygens (including phenoxy) is 1. The van der Waals surface area contributed by atoms with Crippen LogP contribution in [0.2, 0.25) is 0 Å². The van der Waals surface area contributed by atoms with E-state index in [1.54, 1.807) is 30.3 Å². The molecule has 3 nitrogen and oxygen atoms in total. The number of carbonyl (C=O) groups excluding carboxylic acids is 1. The largest absolute Gasteiger partial charge is 0.508 e. The summed E-state index contributed by atoms with van der Waals surface area (Å²) in [7, 11) is 0. The van der Waals surface area contributed by atoms with E-state index in [1.165, 1.54) is 0 Å². The molecule has 0 heterocycles. The van der Waals surface area contributed by atoms with Crippen LogP contribution in [0.4, 0.5) is 0 Å². The first kappa shape index (κ1) is 17.7. The summed E-state index contributed by atoms with van der Waals surface area (Å²) in [5.41, 5.74) is 3.11. The summed E-state index contributed by atoms with van der Waals surface area (Å²) in [5.74, 6) is 0.199. The van der Waals surface area contributed by atoms with Crippen LogP contribution in [0, 0.1) is 0 Å². The van der Waals surface area contributed by atoms with Gasteiger partial charge in [0.1, 0.15) is 11.5 Å². The van der Waals surface area contributed by atoms with Crippen molar-refractivity contribution in [2.24, 2.45) is 0 Å². The molecule has 0 fully saturated rings. The molecule has 0 atom stereocenters. The van der Waals surface area contributed by atoms with Crippen molar-refractivity contribution in [1.29, 1.82) is 0 Å². The fourth-order valence-corrected chi connectivity index (χ4v) is 2.77. The lowest BCUT2D eigenvalue weighted by molar-refractivity contribution is 0.0734. The van der Waals surface area contributed by atoms with Gasteiger partial charge < -0.3 is 9.84 Å². The van der Waals surface area contributed by atoms with Gasteiger partial charge in [-0.1, -0.05) is 63.2 Å². The summed E-state index contributed by atoms with van der Waals surface area (Å²) in [6.07, 6.45) is 0. The van der Waals surface area contributed by atoms with E-state index in [4.69, 9.17) is 4.74 Å². The molecule has 0 spiro atoms. The maximum absolute atomic E-state index is 12.4. The molecule has 26 heavy (non-hydrogen) atoms. The minimum atomic E-state index is -0.421. The molecule has 0 radical (unpaired) electrons. The number of hydrogen-bond acceptors (Lipinski definition) is 3. The van der Waals surface area contributed by atoms with Crippen LogP contribution in [-0.2, 0) is 5.41 Å². The molecule has 0 aromatic heterocycles. The summed E-state index contributed by atoms with van der Waals surface area (Å²) in [6.45, 7) is 5.99. The molecule has 3 aromatic carbocycles. The molecular weight excluding hydrogens is 324 g/mol. The number of esters is 1. The second-order valence-electron chi connectivity index (χ2n) is 7.26. The molecule has 3 rings (SSSR count). The topological polar surface area (TPSA) is 46.5 Å². The standard InChI is InChI=1S/C23H22O3/c1-23(2,3)20-15-19(13-14-21(20)24)26-22(25)18-11-9-17(10-12-18)16-7-5-4-6-8-16/h4-15,24H,1-3H3. The Morgan fingerprint density at radius 1 is 0.846 bits per heavy atom. The average Bonchev–Trinajstić information content (AvgIpc) is 2.63. The summed E-state index contributed by atoms with van der Waals surface area (Å²) in [5, 5.41) is 10.0. The van der Waals surface area contributed by atoms with Gasteiger partial charge >= 0.3 is 5.97 Å². The van der Waals surface area contributed by atoms with Gasteiger partial charge in [0.2, 0.25) is 0 Å². The Kier molecular flexibility index (Phi) is 4.81. The predicted molar refractivity (Wildman–Crippen MR) is 104 cm³/mol. The van der Waals surface area contributed by atoms with Crippen LogP contribution in [0.15, 0.2) is 72.8 Å². The first-order chi connectivity index (χ1) is 12.3. The molecular formula is C23H22O3. The van der Waals surface area contributed by atoms with Crippen molar-refractivity contribution < 1.29 is 14.6 Å². The number of phenols is 1. The van der Waals surface area contributed by atoms with Crippen molar-refractivity contribution in [1.82, 2.24) is 0 Å². The first-order valence-corrected chi connectivity index (χ1v) is 8.56. The molecule has 0 aliphatic carbocycles. The van der Waals surface area contributed by atoms with Gasteiger partial charge in [-0.3, -0.25) is 0 Å². The monoisotopic (exact) mass is 346 g/mol. The summed E-state index contributed by atoms with van der Waals surface area (Å²) >= 11 is 0. The fourth-order valence-electron chi connectivity index (χ4n) is 2.77. The van der Waals surface area contributed by atoms with Gasteiger partial charge in [-0.15, -0.1) is 0 Å². The van der Waals surface area contributed by atoms with Crippen LogP contribution in [0.25, 0.3) is 11.1 Å². The van der Waals surface area contributed by atoms with E-state index in [1.807, 2.05) is 63.2 Å². The summed E-state index contributed by atoms with van der Waals surface area (Å²) in [4.78, 5) is 12.4. The maximum atomic E-state index is 12.4. The highest BCUT2D eigenvalue weighted by Crippen LogP contribution is 2.33. The van der Waals surface area contributed by atoms with Gasteiger partial charge in [0.25, 0.3) is 0 Å². The van der Waals surface area contributed by atoms with Gasteiger partial charge in [0, 0.05) is 5.56 Å². The van der Waals surface area contributed by atoms with Gasteiger partial charge in [-0.25, -0.2) is 4.79 Å². The molecule has 1 N–H and O–H groups in total. The molecule has 3 aromatic rings. The normalized spacial score (nSPS) is 11.2. The van der Waals surface area contributed by atoms with E-state index < -0.39 is 5.97 Å². The molecule has 132 valence electrons. The lowest BCUT2D eigenvalue weighted by Gasteiger charge is -2.21. The van der Waals surface area contributed by atoms with Gasteiger partial charge in [-0.2, -0.15) is 0 Å². The third kappa shape index (κ3) is 3.94. The van der Waals surface area contributed by atoms with E-state index in [0.29, 0.717) is 11.3 Å². The zero-order valence-electron chi connectivity index (χ0n) is 15.2. The molecule has 0 saturated heterocycles. The van der Waals surface area contributed by atoms with Crippen LogP contribution in [0.3, 0.4) is 0 Å². The van der Waals surface area contributed by atoms with Crippen LogP contribution >= 0.6 is 0 Å². The second-order valence-corrected chi connectivity index (χ2v) is 7.26. The Labute approximate surface area is 153 Å². The molecule has 0 amide bonds. The van der Waals surface area contributed by atoms with Crippen molar-refractivity contribution in [3.63, 3.8) is 0 Å². The van der Waals surface area contributed by atoms with Crippen molar-refractivity contribution in [2.45, 2.75) is 26.2 Å². The first-order valence-electron chi connectivity index (χ1n) is 8.56. The number of benzene rings is 3. The molecule has 0 unspecified atom stereocenters. The number of carbonyl (C=O) groups is 1. The van der Waals surface area contributed by atoms with Crippen molar-refractivity contribution in [3.8, 4) is 22.6 Å². The lowest BCUT2D eigenvalue weighted by Crippen LogP contribution is -2.13. The van der Waals surface area contributed by atoms with E-state index in [-0.39, 0.29) is 11.2 Å². The van der Waals surface area contributed by atoms with Crippen LogP contribution in [0.1, 0.15) is 36.7 Å². The minimum Gasteiger partial charge on any atom is -0.508 e. The number of aromatic hydroxyl groups is 1. The zero-order chi connectivity index (χ0) is 18.7. The molecule has 0 aliphatic rings. The molecule has 3 heteroatoms. The molecule has 0 saturated carbocycles. The lowest BCUT2D eigenvalue weighted by atomic mass is 9.86. The second kappa shape index (κ2) is 7.04. The predicted octanol–water partition coefficient (Wildman–Crippen LogP) is 5.58. The van der Waals surface area contributed by atoms with Crippen molar-refractivity contribution in [2.75, 3.05) is 0 Å². The molecule has 0 bridgehead atoms. The Hall–Kier alpha value is -3.07. The van der Waals surface area contributed by atoms with Crippen molar-refractivity contribution in [3.05, 3.63) is 83.9 Å². The fraction of sp³-hybridized carbons (Fsp3) is 0.174. The highest BCUT2D eigenvalue weighted by molar-refractivity contribution is 5.91. The highest BCUT2D eigenvalue weighted by Gasteiger charge is 2.19. The quantitative estimate of drug-likeness (QED) is 0.498. The van der Waals surface area contributed by atoms with E-state index in [9.17, 15) is 9.90 Å². The Balaban J connectivity index is 1.78. The maximum Gasteiger partial charge on any atom is 0.343 e. The van der Waals surface area contributed by atoms with E-state index >= 15 is 0 Å². The van der Waals surface area contributed by atoms with E-state index in [0.717, 1.165) is 16.7 Å². The van der Waals surface area contributed by atoms with Crippen LogP contribution in [0.5, 0.6) is 11.5 Å². The van der Waals surface area contributed by atoms with Crippen molar-refractivity contribution >= 4 is 5.97 Å². The average molecular weight is 346 g/mol. The smallest absolute Gasteiger partial charge is 0.343 e. The Morgan fingerprint density at radius 2 is 1.46 bits per heavy atom. The van der Waals surface area contributed by atoms with Crippen LogP contribution in [-0.4, -0.2) is 11.1 Å². The minimum absolute atomic E-state index is 0.199. The Morgan fingerprint density at radius 3 is 2.08 bits per heavy atom. The van der Waals surface area contributed by atoms with E-state index in [2.05, 4.69) is 0 Å². The molecule has 0 aliphatic heterocycles. The zero-order valence-corrected chi connectivity index (χ0v) is 15.2. The Bertz CT molecular complexity index is 904. The van der Waals surface area contributed by atoms with Gasteiger partial charge in [0.15, 0.2) is 0 Å².